The molecule has 1 atom stereocenters. The maximum absolute atomic E-state index is 10.9. The van der Waals surface area contributed by atoms with Crippen LogP contribution in [0, 0.1) is 16.0 Å². The van der Waals surface area contributed by atoms with Gasteiger partial charge in [0.1, 0.15) is 5.75 Å². The molecule has 0 fully saturated rings. The molecule has 1 aliphatic heterocycles. The first kappa shape index (κ1) is 13.4. The van der Waals surface area contributed by atoms with Gasteiger partial charge in [-0.2, -0.15) is 0 Å². The molecule has 0 saturated heterocycles. The Hall–Kier alpha value is -2.63. The van der Waals surface area contributed by atoms with Crippen LogP contribution < -0.4 is 10.1 Å². The molecule has 0 aliphatic carbocycles. The Bertz CT molecular complexity index is 660. The molecular weight excluding hydrogens is 270 g/mol. The number of nitrogens with zero attached hydrogens (tertiary/aromatic N) is 2. The van der Waals surface area contributed by atoms with Crippen LogP contribution in [-0.2, 0) is 6.42 Å². The van der Waals surface area contributed by atoms with Gasteiger partial charge in [0, 0.05) is 24.7 Å². The number of aromatic nitrogens is 1. The predicted octanol–water partition coefficient (Wildman–Crippen LogP) is 2.65. The number of fused-ring (bicyclic) bond motifs is 1. The largest absolute Gasteiger partial charge is 0.493 e. The highest BCUT2D eigenvalue weighted by Crippen LogP contribution is 2.27. The number of hydrogen-bond acceptors (Lipinski definition) is 5. The van der Waals surface area contributed by atoms with E-state index in [-0.39, 0.29) is 11.6 Å². The van der Waals surface area contributed by atoms with Crippen LogP contribution in [0.4, 0.5) is 11.5 Å². The lowest BCUT2D eigenvalue weighted by Gasteiger charge is -2.25. The van der Waals surface area contributed by atoms with Crippen molar-refractivity contribution in [3.05, 3.63) is 58.3 Å². The van der Waals surface area contributed by atoms with Crippen molar-refractivity contribution in [2.75, 3.05) is 18.5 Å². The van der Waals surface area contributed by atoms with Crippen LogP contribution in [0.1, 0.15) is 5.56 Å². The molecule has 6 nitrogen and oxygen atoms in total. The van der Waals surface area contributed by atoms with E-state index in [0.29, 0.717) is 19.0 Å². The highest BCUT2D eigenvalue weighted by molar-refractivity contribution is 5.55. The van der Waals surface area contributed by atoms with E-state index < -0.39 is 4.92 Å². The summed E-state index contributed by atoms with van der Waals surface area (Å²) < 4.78 is 5.71. The van der Waals surface area contributed by atoms with Crippen LogP contribution >= 0.6 is 0 Å². The number of ether oxygens (including phenoxy) is 1. The topological polar surface area (TPSA) is 77.3 Å². The second-order valence-electron chi connectivity index (χ2n) is 5.00. The van der Waals surface area contributed by atoms with Gasteiger partial charge in [-0.25, -0.2) is 4.98 Å². The molecule has 1 aromatic heterocycles. The Kier molecular flexibility index (Phi) is 3.68. The SMILES string of the molecule is O=[N+]([O-])c1cccnc1NCC1COc2ccccc2C1. The van der Waals surface area contributed by atoms with E-state index in [2.05, 4.69) is 10.3 Å². The molecule has 0 saturated carbocycles. The van der Waals surface area contributed by atoms with E-state index in [1.165, 1.54) is 11.6 Å². The lowest BCUT2D eigenvalue weighted by atomic mass is 9.97. The minimum absolute atomic E-state index is 0.00497. The molecular formula is C15H15N3O3. The molecule has 0 bridgehead atoms. The van der Waals surface area contributed by atoms with Gasteiger partial charge < -0.3 is 10.1 Å². The molecule has 0 radical (unpaired) electrons. The van der Waals surface area contributed by atoms with Crippen LogP contribution in [0.3, 0.4) is 0 Å². The summed E-state index contributed by atoms with van der Waals surface area (Å²) in [6, 6.07) is 11.0. The number of hydrogen-bond donors (Lipinski definition) is 1. The van der Waals surface area contributed by atoms with E-state index in [1.54, 1.807) is 12.3 Å². The molecule has 3 rings (SSSR count). The molecule has 0 spiro atoms. The summed E-state index contributed by atoms with van der Waals surface area (Å²) in [5.74, 6) is 1.50. The number of anilines is 1. The van der Waals surface area contributed by atoms with Gasteiger partial charge in [0.05, 0.1) is 11.5 Å². The van der Waals surface area contributed by atoms with Crippen molar-refractivity contribution in [3.8, 4) is 5.75 Å². The van der Waals surface area contributed by atoms with Crippen LogP contribution in [0.15, 0.2) is 42.6 Å². The van der Waals surface area contributed by atoms with Crippen molar-refractivity contribution in [1.82, 2.24) is 4.98 Å². The molecule has 21 heavy (non-hydrogen) atoms. The average molecular weight is 285 g/mol. The number of pyridine rings is 1. The Morgan fingerprint density at radius 2 is 2.19 bits per heavy atom. The molecule has 1 unspecified atom stereocenters. The first-order valence-electron chi connectivity index (χ1n) is 6.78. The third-order valence-corrected chi connectivity index (χ3v) is 3.50. The van der Waals surface area contributed by atoms with E-state index in [4.69, 9.17) is 4.74 Å². The molecule has 2 aromatic rings. The summed E-state index contributed by atoms with van der Waals surface area (Å²) in [6.07, 6.45) is 2.44. The van der Waals surface area contributed by atoms with Crippen LogP contribution in [0.25, 0.3) is 0 Å². The minimum Gasteiger partial charge on any atom is -0.493 e. The van der Waals surface area contributed by atoms with Crippen molar-refractivity contribution in [2.45, 2.75) is 6.42 Å². The van der Waals surface area contributed by atoms with Gasteiger partial charge in [-0.15, -0.1) is 0 Å². The van der Waals surface area contributed by atoms with Crippen molar-refractivity contribution in [3.63, 3.8) is 0 Å². The zero-order valence-electron chi connectivity index (χ0n) is 11.4. The number of para-hydroxylation sites is 1. The smallest absolute Gasteiger partial charge is 0.311 e. The third kappa shape index (κ3) is 2.94. The Morgan fingerprint density at radius 1 is 1.33 bits per heavy atom. The van der Waals surface area contributed by atoms with Crippen LogP contribution in [-0.4, -0.2) is 23.1 Å². The lowest BCUT2D eigenvalue weighted by Crippen LogP contribution is -2.27. The van der Waals surface area contributed by atoms with Gasteiger partial charge in [-0.3, -0.25) is 10.1 Å². The fraction of sp³-hybridized carbons (Fsp3) is 0.267. The maximum atomic E-state index is 10.9. The Labute approximate surface area is 121 Å². The Morgan fingerprint density at radius 3 is 3.05 bits per heavy atom. The van der Waals surface area contributed by atoms with Crippen molar-refractivity contribution >= 4 is 11.5 Å². The molecule has 2 heterocycles. The van der Waals surface area contributed by atoms with E-state index in [0.717, 1.165) is 12.2 Å². The lowest BCUT2D eigenvalue weighted by molar-refractivity contribution is -0.384. The second kappa shape index (κ2) is 5.78. The first-order valence-corrected chi connectivity index (χ1v) is 6.78. The van der Waals surface area contributed by atoms with Crippen molar-refractivity contribution in [2.24, 2.45) is 5.92 Å². The van der Waals surface area contributed by atoms with E-state index in [9.17, 15) is 10.1 Å². The van der Waals surface area contributed by atoms with Gasteiger partial charge in [0.2, 0.25) is 5.82 Å². The number of nitro groups is 1. The number of rotatable bonds is 4. The standard InChI is InChI=1S/C15H15N3O3/c19-18(20)13-5-3-7-16-15(13)17-9-11-8-12-4-1-2-6-14(12)21-10-11/h1-7,11H,8-10H2,(H,16,17). The van der Waals surface area contributed by atoms with E-state index in [1.807, 2.05) is 24.3 Å². The average Bonchev–Trinajstić information content (AvgIpc) is 2.53. The van der Waals surface area contributed by atoms with Gasteiger partial charge in [0.25, 0.3) is 0 Å². The van der Waals surface area contributed by atoms with E-state index >= 15 is 0 Å². The summed E-state index contributed by atoms with van der Waals surface area (Å²) in [5.41, 5.74) is 1.17. The second-order valence-corrected chi connectivity index (χ2v) is 5.00. The van der Waals surface area contributed by atoms with Crippen LogP contribution in [0.5, 0.6) is 5.75 Å². The summed E-state index contributed by atoms with van der Waals surface area (Å²) in [4.78, 5) is 14.5. The summed E-state index contributed by atoms with van der Waals surface area (Å²) >= 11 is 0. The van der Waals surface area contributed by atoms with Crippen molar-refractivity contribution < 1.29 is 9.66 Å². The van der Waals surface area contributed by atoms with Crippen molar-refractivity contribution in [1.29, 1.82) is 0 Å². The molecule has 108 valence electrons. The predicted molar refractivity (Wildman–Crippen MR) is 78.5 cm³/mol. The molecule has 1 aliphatic rings. The quantitative estimate of drug-likeness (QED) is 0.690. The van der Waals surface area contributed by atoms with Gasteiger partial charge in [-0.1, -0.05) is 18.2 Å². The highest BCUT2D eigenvalue weighted by Gasteiger charge is 2.21. The molecule has 0 amide bonds. The Balaban J connectivity index is 1.66. The zero-order valence-corrected chi connectivity index (χ0v) is 11.4. The van der Waals surface area contributed by atoms with Gasteiger partial charge >= 0.3 is 5.69 Å². The fourth-order valence-corrected chi connectivity index (χ4v) is 2.44. The molecule has 6 heteroatoms. The minimum atomic E-state index is -0.429. The van der Waals surface area contributed by atoms with Gasteiger partial charge in [0.15, 0.2) is 0 Å². The number of benzene rings is 1. The van der Waals surface area contributed by atoms with Crippen LogP contribution in [0.2, 0.25) is 0 Å². The maximum Gasteiger partial charge on any atom is 0.311 e. The normalized spacial score (nSPS) is 16.7. The summed E-state index contributed by atoms with van der Waals surface area (Å²) in [6.45, 7) is 1.19. The zero-order chi connectivity index (χ0) is 14.7. The molecule has 1 aromatic carbocycles. The fourth-order valence-electron chi connectivity index (χ4n) is 2.44. The number of nitrogens with one attached hydrogen (secondary N) is 1. The molecule has 1 N–H and O–H groups in total. The first-order chi connectivity index (χ1) is 10.2. The summed E-state index contributed by atoms with van der Waals surface area (Å²) in [5, 5.41) is 14.0. The third-order valence-electron chi connectivity index (χ3n) is 3.50. The summed E-state index contributed by atoms with van der Waals surface area (Å²) in [7, 11) is 0. The van der Waals surface area contributed by atoms with Gasteiger partial charge in [-0.05, 0) is 24.1 Å². The monoisotopic (exact) mass is 285 g/mol. The highest BCUT2D eigenvalue weighted by atomic mass is 16.6.